The number of nitrogens with zero attached hydrogens (tertiary/aromatic N) is 1. The molecule has 5 nitrogen and oxygen atoms in total. The standard InChI is InChI=1S/C25H32N2O3.ClH/c1-16-14-20-21(25(4,5)11-10-24(20,2)3)15-19(16)22(27-30-13-12-26)17-6-8-18(9-7-17)23(28)29;/h6-9,14-15H,10-13,26H2,1-5H3,(H,28,29);1H/b27-22+;. The molecule has 2 aromatic rings. The van der Waals surface area contributed by atoms with E-state index in [1.165, 1.54) is 11.1 Å². The van der Waals surface area contributed by atoms with Crippen molar-refractivity contribution in [2.24, 2.45) is 5.16 Å². The molecule has 1 aliphatic carbocycles. The lowest BCUT2D eigenvalue weighted by Gasteiger charge is -2.42. The predicted octanol–water partition coefficient (Wildman–Crippen LogP) is 1.06. The van der Waals surface area contributed by atoms with Crippen molar-refractivity contribution >= 4 is 11.7 Å². The Morgan fingerprint density at radius 3 is 2.06 bits per heavy atom. The van der Waals surface area contributed by atoms with Gasteiger partial charge in [-0.05, 0) is 65.5 Å². The third kappa shape index (κ3) is 5.10. The average molecular weight is 445 g/mol. The number of carboxylic acid groups (broad SMARTS) is 1. The number of aromatic carboxylic acids is 1. The Morgan fingerprint density at radius 1 is 1.03 bits per heavy atom. The Labute approximate surface area is 191 Å². The van der Waals surface area contributed by atoms with E-state index in [4.69, 9.17) is 4.84 Å². The number of fused-ring (bicyclic) bond motifs is 1. The van der Waals surface area contributed by atoms with E-state index in [0.29, 0.717) is 13.2 Å². The molecule has 1 aliphatic rings. The monoisotopic (exact) mass is 444 g/mol. The Balaban J connectivity index is 0.00000341. The summed E-state index contributed by atoms with van der Waals surface area (Å²) in [6, 6.07) is 11.4. The van der Waals surface area contributed by atoms with Crippen molar-refractivity contribution in [1.29, 1.82) is 0 Å². The van der Waals surface area contributed by atoms with Gasteiger partial charge in [0.1, 0.15) is 12.3 Å². The van der Waals surface area contributed by atoms with E-state index in [1.807, 2.05) is 0 Å². The first-order valence-corrected chi connectivity index (χ1v) is 10.6. The first-order valence-electron chi connectivity index (χ1n) is 10.6. The number of quaternary nitrogens is 1. The fraction of sp³-hybridized carbons (Fsp3) is 0.440. The second kappa shape index (κ2) is 9.41. The molecule has 0 aromatic heterocycles. The summed E-state index contributed by atoms with van der Waals surface area (Å²) >= 11 is 0. The molecule has 0 saturated carbocycles. The van der Waals surface area contributed by atoms with Gasteiger partial charge in [0.05, 0.1) is 5.56 Å². The van der Waals surface area contributed by atoms with Crippen molar-refractivity contribution in [3.63, 3.8) is 0 Å². The number of hydrogen-bond donors (Lipinski definition) is 2. The molecule has 0 bridgehead atoms. The number of carbonyl (C=O) groups is 1. The van der Waals surface area contributed by atoms with E-state index in [0.717, 1.165) is 35.2 Å². The molecule has 31 heavy (non-hydrogen) atoms. The maximum absolute atomic E-state index is 11.2. The number of hydrogen-bond acceptors (Lipinski definition) is 3. The van der Waals surface area contributed by atoms with Gasteiger partial charge >= 0.3 is 5.97 Å². The molecule has 0 heterocycles. The van der Waals surface area contributed by atoms with Crippen LogP contribution in [0.2, 0.25) is 0 Å². The van der Waals surface area contributed by atoms with Crippen LogP contribution in [0.15, 0.2) is 41.6 Å². The highest BCUT2D eigenvalue weighted by Crippen LogP contribution is 2.46. The lowest BCUT2D eigenvalue weighted by atomic mass is 9.62. The van der Waals surface area contributed by atoms with Crippen LogP contribution in [0.1, 0.15) is 78.7 Å². The smallest absolute Gasteiger partial charge is 0.335 e. The number of benzene rings is 2. The van der Waals surface area contributed by atoms with E-state index >= 15 is 0 Å². The van der Waals surface area contributed by atoms with E-state index in [2.05, 4.69) is 57.6 Å². The van der Waals surface area contributed by atoms with Crippen molar-refractivity contribution in [3.8, 4) is 0 Å². The fourth-order valence-corrected chi connectivity index (χ4v) is 4.18. The Hall–Kier alpha value is -2.37. The zero-order valence-electron chi connectivity index (χ0n) is 19.1. The largest absolute Gasteiger partial charge is 1.00 e. The molecule has 0 saturated heterocycles. The summed E-state index contributed by atoms with van der Waals surface area (Å²) < 4.78 is 0. The molecular formula is C25H33ClN2O3. The second-order valence-corrected chi connectivity index (χ2v) is 9.49. The lowest BCUT2D eigenvalue weighted by Crippen LogP contribution is -3.00. The summed E-state index contributed by atoms with van der Waals surface area (Å²) in [6.07, 6.45) is 2.29. The minimum atomic E-state index is -0.942. The van der Waals surface area contributed by atoms with Crippen LogP contribution in [-0.4, -0.2) is 29.9 Å². The van der Waals surface area contributed by atoms with E-state index < -0.39 is 5.97 Å². The minimum absolute atomic E-state index is 0. The molecule has 4 N–H and O–H groups in total. The van der Waals surface area contributed by atoms with Gasteiger partial charge in [0, 0.05) is 11.1 Å². The van der Waals surface area contributed by atoms with Crippen molar-refractivity contribution in [3.05, 3.63) is 69.8 Å². The van der Waals surface area contributed by atoms with E-state index in [-0.39, 0.29) is 28.8 Å². The highest BCUT2D eigenvalue weighted by atomic mass is 35.5. The fourth-order valence-electron chi connectivity index (χ4n) is 4.18. The van der Waals surface area contributed by atoms with Crippen LogP contribution in [0.25, 0.3) is 0 Å². The zero-order valence-corrected chi connectivity index (χ0v) is 19.8. The summed E-state index contributed by atoms with van der Waals surface area (Å²) in [5.74, 6) is -0.942. The quantitative estimate of drug-likeness (QED) is 0.397. The second-order valence-electron chi connectivity index (χ2n) is 9.49. The topological polar surface area (TPSA) is 86.5 Å². The Bertz CT molecular complexity index is 979. The maximum Gasteiger partial charge on any atom is 0.335 e. The molecular weight excluding hydrogens is 412 g/mol. The zero-order chi connectivity index (χ0) is 22.1. The van der Waals surface area contributed by atoms with Gasteiger partial charge in [0.25, 0.3) is 0 Å². The van der Waals surface area contributed by atoms with Crippen molar-refractivity contribution in [1.82, 2.24) is 0 Å². The average Bonchev–Trinajstić information content (AvgIpc) is 2.69. The normalized spacial score (nSPS) is 16.8. The highest BCUT2D eigenvalue weighted by molar-refractivity contribution is 6.14. The van der Waals surface area contributed by atoms with Gasteiger partial charge in [-0.1, -0.05) is 51.0 Å². The van der Waals surface area contributed by atoms with Crippen molar-refractivity contribution in [2.45, 2.75) is 58.3 Å². The van der Waals surface area contributed by atoms with Crippen LogP contribution >= 0.6 is 0 Å². The number of carboxylic acids is 1. The molecule has 6 heteroatoms. The molecule has 2 aromatic carbocycles. The van der Waals surface area contributed by atoms with Crippen molar-refractivity contribution < 1.29 is 32.9 Å². The summed E-state index contributed by atoms with van der Waals surface area (Å²) in [6.45, 7) is 12.4. The minimum Gasteiger partial charge on any atom is -1.00 e. The molecule has 0 fully saturated rings. The molecule has 0 radical (unpaired) electrons. The maximum atomic E-state index is 11.2. The Morgan fingerprint density at radius 2 is 1.55 bits per heavy atom. The summed E-state index contributed by atoms with van der Waals surface area (Å²) in [4.78, 5) is 16.8. The molecule has 0 atom stereocenters. The van der Waals surface area contributed by atoms with Crippen LogP contribution in [0.5, 0.6) is 0 Å². The predicted molar refractivity (Wildman–Crippen MR) is 119 cm³/mol. The number of rotatable bonds is 6. The summed E-state index contributed by atoms with van der Waals surface area (Å²) in [5.41, 5.74) is 10.8. The van der Waals surface area contributed by atoms with Crippen LogP contribution in [0.3, 0.4) is 0 Å². The molecule has 0 unspecified atom stereocenters. The molecule has 0 amide bonds. The molecule has 168 valence electrons. The van der Waals surface area contributed by atoms with Gasteiger partial charge in [0.15, 0.2) is 6.61 Å². The number of aryl methyl sites for hydroxylation is 1. The number of oxime groups is 1. The van der Waals surface area contributed by atoms with Crippen LogP contribution in [0, 0.1) is 6.92 Å². The van der Waals surface area contributed by atoms with E-state index in [9.17, 15) is 9.90 Å². The molecule has 0 spiro atoms. The van der Waals surface area contributed by atoms with Gasteiger partial charge in [-0.15, -0.1) is 0 Å². The van der Waals surface area contributed by atoms with Gasteiger partial charge in [0.2, 0.25) is 0 Å². The van der Waals surface area contributed by atoms with Gasteiger partial charge < -0.3 is 28.1 Å². The lowest BCUT2D eigenvalue weighted by molar-refractivity contribution is -0.374. The molecule has 0 aliphatic heterocycles. The third-order valence-electron chi connectivity index (χ3n) is 6.25. The summed E-state index contributed by atoms with van der Waals surface area (Å²) in [7, 11) is 0. The van der Waals surface area contributed by atoms with Crippen LogP contribution in [0.4, 0.5) is 0 Å². The summed E-state index contributed by atoms with van der Waals surface area (Å²) in [5, 5.41) is 13.7. The third-order valence-corrected chi connectivity index (χ3v) is 6.25. The first-order chi connectivity index (χ1) is 14.1. The Kier molecular flexibility index (Phi) is 7.56. The van der Waals surface area contributed by atoms with Gasteiger partial charge in [-0.25, -0.2) is 4.79 Å². The molecule has 3 rings (SSSR count). The van der Waals surface area contributed by atoms with Gasteiger partial charge in [-0.3, -0.25) is 0 Å². The van der Waals surface area contributed by atoms with Crippen molar-refractivity contribution in [2.75, 3.05) is 13.2 Å². The highest BCUT2D eigenvalue weighted by Gasteiger charge is 2.37. The number of halogens is 1. The first kappa shape index (κ1) is 24.9. The van der Waals surface area contributed by atoms with Crippen LogP contribution < -0.4 is 18.1 Å². The van der Waals surface area contributed by atoms with Crippen LogP contribution in [-0.2, 0) is 15.7 Å². The van der Waals surface area contributed by atoms with E-state index in [1.54, 1.807) is 24.3 Å². The van der Waals surface area contributed by atoms with Gasteiger partial charge in [-0.2, -0.15) is 0 Å². The SMILES string of the molecule is Cc1cc2c(cc1/C(=N/OCC[NH3+])c1ccc(C(=O)O)cc1)C(C)(C)CCC2(C)C.[Cl-].